The van der Waals surface area contributed by atoms with Gasteiger partial charge >= 0.3 is 0 Å². The van der Waals surface area contributed by atoms with Crippen molar-refractivity contribution in [3.8, 4) is 0 Å². The van der Waals surface area contributed by atoms with Crippen LogP contribution in [-0.2, 0) is 0 Å². The maximum atomic E-state index is 3.85. The smallest absolute Gasteiger partial charge is 0.0244 e. The fourth-order valence-corrected chi connectivity index (χ4v) is 3.44. The van der Waals surface area contributed by atoms with Gasteiger partial charge in [0.1, 0.15) is 0 Å². The van der Waals surface area contributed by atoms with Crippen LogP contribution in [0.1, 0.15) is 26.7 Å². The quantitative estimate of drug-likeness (QED) is 0.810. The first-order valence-corrected chi connectivity index (χ1v) is 8.40. The maximum Gasteiger partial charge on any atom is 0.0244 e. The summed E-state index contributed by atoms with van der Waals surface area (Å²) in [7, 11) is 4.47. The van der Waals surface area contributed by atoms with Crippen LogP contribution in [0.2, 0.25) is 0 Å². The van der Waals surface area contributed by atoms with Crippen LogP contribution in [0.4, 0.5) is 0 Å². The van der Waals surface area contributed by atoms with E-state index in [1.807, 2.05) is 0 Å². The van der Waals surface area contributed by atoms with E-state index in [1.165, 1.54) is 52.1 Å². The van der Waals surface area contributed by atoms with Crippen LogP contribution in [0, 0.1) is 5.92 Å². The fraction of sp³-hybridized carbons (Fsp3) is 1.00. The Bertz CT molecular complexity index is 266. The highest BCUT2D eigenvalue weighted by Gasteiger charge is 2.26. The molecule has 0 aromatic heterocycles. The van der Waals surface area contributed by atoms with Crippen LogP contribution in [0.25, 0.3) is 0 Å². The number of piperidine rings is 1. The number of likely N-dealkylation sites (N-methyl/N-ethyl adjacent to an activating group) is 1. The molecule has 2 aliphatic heterocycles. The fourth-order valence-electron chi connectivity index (χ4n) is 3.44. The average molecular weight is 282 g/mol. The Morgan fingerprint density at radius 1 is 0.900 bits per heavy atom. The van der Waals surface area contributed by atoms with Gasteiger partial charge in [-0.1, -0.05) is 13.8 Å². The first-order valence-electron chi connectivity index (χ1n) is 8.40. The first-order chi connectivity index (χ1) is 9.56. The lowest BCUT2D eigenvalue weighted by atomic mass is 9.99. The summed E-state index contributed by atoms with van der Waals surface area (Å²) < 4.78 is 0. The van der Waals surface area contributed by atoms with Gasteiger partial charge in [-0.05, 0) is 45.9 Å². The molecule has 1 unspecified atom stereocenters. The van der Waals surface area contributed by atoms with Crippen molar-refractivity contribution in [2.75, 3.05) is 59.9 Å². The van der Waals surface area contributed by atoms with E-state index in [2.05, 4.69) is 48.0 Å². The number of likely N-dealkylation sites (tertiary alicyclic amines) is 1. The zero-order chi connectivity index (χ0) is 14.5. The van der Waals surface area contributed by atoms with Crippen LogP contribution in [0.3, 0.4) is 0 Å². The van der Waals surface area contributed by atoms with Crippen molar-refractivity contribution in [1.82, 2.24) is 20.0 Å². The largest absolute Gasteiger partial charge is 0.312 e. The summed E-state index contributed by atoms with van der Waals surface area (Å²) in [6.07, 6.45) is 2.62. The van der Waals surface area contributed by atoms with Crippen molar-refractivity contribution in [3.63, 3.8) is 0 Å². The molecule has 0 spiro atoms. The number of piperazine rings is 1. The molecule has 2 rings (SSSR count). The standard InChI is InChI=1S/C16H34N4/c1-14(2)16(20-11-9-19(4)10-12-20)13-17-15-5-7-18(3)8-6-15/h14-17H,5-13H2,1-4H3. The molecule has 0 aromatic carbocycles. The van der Waals surface area contributed by atoms with Crippen molar-refractivity contribution < 1.29 is 0 Å². The highest BCUT2D eigenvalue weighted by atomic mass is 15.3. The molecule has 0 saturated carbocycles. The zero-order valence-electron chi connectivity index (χ0n) is 13.9. The van der Waals surface area contributed by atoms with Crippen LogP contribution in [0.5, 0.6) is 0 Å². The van der Waals surface area contributed by atoms with Crippen molar-refractivity contribution in [2.45, 2.75) is 38.8 Å². The van der Waals surface area contributed by atoms with Gasteiger partial charge < -0.3 is 15.1 Å². The minimum absolute atomic E-state index is 0.698. The highest BCUT2D eigenvalue weighted by Crippen LogP contribution is 2.14. The van der Waals surface area contributed by atoms with E-state index >= 15 is 0 Å². The molecule has 2 saturated heterocycles. The van der Waals surface area contributed by atoms with Gasteiger partial charge in [-0.3, -0.25) is 4.90 Å². The Morgan fingerprint density at radius 3 is 2.00 bits per heavy atom. The van der Waals surface area contributed by atoms with E-state index in [9.17, 15) is 0 Å². The Morgan fingerprint density at radius 2 is 1.45 bits per heavy atom. The monoisotopic (exact) mass is 282 g/mol. The van der Waals surface area contributed by atoms with Crippen LogP contribution in [0.15, 0.2) is 0 Å². The second-order valence-electron chi connectivity index (χ2n) is 7.14. The Kier molecular flexibility index (Phi) is 6.27. The lowest BCUT2D eigenvalue weighted by molar-refractivity contribution is 0.0839. The third-order valence-electron chi connectivity index (χ3n) is 5.11. The molecule has 4 heteroatoms. The third-order valence-corrected chi connectivity index (χ3v) is 5.11. The van der Waals surface area contributed by atoms with E-state index in [4.69, 9.17) is 0 Å². The average Bonchev–Trinajstić information content (AvgIpc) is 2.43. The van der Waals surface area contributed by atoms with Crippen molar-refractivity contribution in [2.24, 2.45) is 5.92 Å². The molecular weight excluding hydrogens is 248 g/mol. The minimum Gasteiger partial charge on any atom is -0.312 e. The lowest BCUT2D eigenvalue weighted by Crippen LogP contribution is -2.55. The lowest BCUT2D eigenvalue weighted by Gasteiger charge is -2.41. The van der Waals surface area contributed by atoms with Gasteiger partial charge in [0.2, 0.25) is 0 Å². The molecule has 20 heavy (non-hydrogen) atoms. The molecule has 0 aromatic rings. The molecule has 1 atom stereocenters. The Hall–Kier alpha value is -0.160. The summed E-state index contributed by atoms with van der Waals surface area (Å²) in [5.74, 6) is 0.733. The normalized spacial score (nSPS) is 26.2. The molecule has 0 bridgehead atoms. The second kappa shape index (κ2) is 7.74. The van der Waals surface area contributed by atoms with Crippen LogP contribution < -0.4 is 5.32 Å². The van der Waals surface area contributed by atoms with Crippen molar-refractivity contribution >= 4 is 0 Å². The molecular formula is C16H34N4. The van der Waals surface area contributed by atoms with Gasteiger partial charge in [0.25, 0.3) is 0 Å². The second-order valence-corrected chi connectivity index (χ2v) is 7.14. The summed E-state index contributed by atoms with van der Waals surface area (Å²) in [4.78, 5) is 7.59. The molecule has 118 valence electrons. The molecule has 1 N–H and O–H groups in total. The molecule has 0 aliphatic carbocycles. The molecule has 2 fully saturated rings. The van der Waals surface area contributed by atoms with E-state index in [1.54, 1.807) is 0 Å². The topological polar surface area (TPSA) is 21.8 Å². The van der Waals surface area contributed by atoms with Gasteiger partial charge in [-0.15, -0.1) is 0 Å². The number of nitrogens with one attached hydrogen (secondary N) is 1. The SMILES string of the molecule is CC(C)C(CNC1CCN(C)CC1)N1CCN(C)CC1. The van der Waals surface area contributed by atoms with Crippen LogP contribution >= 0.6 is 0 Å². The molecule has 0 amide bonds. The summed E-state index contributed by atoms with van der Waals surface area (Å²) in [6.45, 7) is 13.3. The van der Waals surface area contributed by atoms with E-state index in [-0.39, 0.29) is 0 Å². The van der Waals surface area contributed by atoms with Gasteiger partial charge in [0.05, 0.1) is 0 Å². The third kappa shape index (κ3) is 4.69. The minimum atomic E-state index is 0.698. The van der Waals surface area contributed by atoms with Gasteiger partial charge in [-0.2, -0.15) is 0 Å². The van der Waals surface area contributed by atoms with Crippen molar-refractivity contribution in [1.29, 1.82) is 0 Å². The van der Waals surface area contributed by atoms with Gasteiger partial charge in [0.15, 0.2) is 0 Å². The highest BCUT2D eigenvalue weighted by molar-refractivity contribution is 4.84. The predicted octanol–water partition coefficient (Wildman–Crippen LogP) is 0.942. The number of nitrogens with zero attached hydrogens (tertiary/aromatic N) is 3. The number of hydrogen-bond donors (Lipinski definition) is 1. The predicted molar refractivity (Wildman–Crippen MR) is 86.2 cm³/mol. The number of rotatable bonds is 5. The molecule has 0 radical (unpaired) electrons. The van der Waals surface area contributed by atoms with Gasteiger partial charge in [-0.25, -0.2) is 0 Å². The van der Waals surface area contributed by atoms with E-state index in [0.29, 0.717) is 6.04 Å². The van der Waals surface area contributed by atoms with E-state index < -0.39 is 0 Å². The summed E-state index contributed by atoms with van der Waals surface area (Å²) in [5.41, 5.74) is 0. The van der Waals surface area contributed by atoms with Crippen LogP contribution in [-0.4, -0.2) is 86.7 Å². The Balaban J connectivity index is 1.77. The molecule has 2 heterocycles. The zero-order valence-corrected chi connectivity index (χ0v) is 13.9. The molecule has 2 aliphatic rings. The number of hydrogen-bond acceptors (Lipinski definition) is 4. The summed E-state index contributed by atoms with van der Waals surface area (Å²) >= 11 is 0. The Labute approximate surface area is 125 Å². The van der Waals surface area contributed by atoms with Gasteiger partial charge in [0, 0.05) is 44.8 Å². The first kappa shape index (κ1) is 16.2. The maximum absolute atomic E-state index is 3.85. The molecule has 4 nitrogen and oxygen atoms in total. The van der Waals surface area contributed by atoms with Crippen molar-refractivity contribution in [3.05, 3.63) is 0 Å². The summed E-state index contributed by atoms with van der Waals surface area (Å²) in [6, 6.07) is 1.43. The summed E-state index contributed by atoms with van der Waals surface area (Å²) in [5, 5.41) is 3.85. The van der Waals surface area contributed by atoms with E-state index in [0.717, 1.165) is 18.5 Å².